The largest absolute Gasteiger partial charge is 0.261 e. The fourth-order valence-electron chi connectivity index (χ4n) is 2.01. The molecule has 0 amide bonds. The van der Waals surface area contributed by atoms with Crippen LogP contribution >= 0.6 is 50.7 Å². The van der Waals surface area contributed by atoms with Gasteiger partial charge in [0.1, 0.15) is 0 Å². The first-order chi connectivity index (χ1) is 11.4. The summed E-state index contributed by atoms with van der Waals surface area (Å²) in [6.07, 6.45) is 1.68. The van der Waals surface area contributed by atoms with Crippen LogP contribution < -0.4 is 5.43 Å². The summed E-state index contributed by atoms with van der Waals surface area (Å²) >= 11 is 21.1. The van der Waals surface area contributed by atoms with Crippen molar-refractivity contribution in [2.75, 3.05) is 5.43 Å². The van der Waals surface area contributed by atoms with Crippen molar-refractivity contribution in [1.29, 1.82) is 0 Å². The number of para-hydroxylation sites is 1. The predicted molar refractivity (Wildman–Crippen MR) is 104 cm³/mol. The molecule has 0 radical (unpaired) electrons. The van der Waals surface area contributed by atoms with Gasteiger partial charge in [-0.3, -0.25) is 5.43 Å². The Labute approximate surface area is 162 Å². The average Bonchev–Trinajstić information content (AvgIpc) is 2.55. The minimum atomic E-state index is -1.71. The van der Waals surface area contributed by atoms with E-state index in [1.165, 1.54) is 0 Å². The Morgan fingerprint density at radius 1 is 1.00 bits per heavy atom. The molecule has 0 saturated heterocycles. The first-order valence-corrected chi connectivity index (χ1v) is 8.75. The fraction of sp³-hybridized carbons (Fsp3) is 0.0625. The number of rotatable bonds is 3. The lowest BCUT2D eigenvalue weighted by Crippen LogP contribution is -2.09. The van der Waals surface area contributed by atoms with Gasteiger partial charge in [-0.1, -0.05) is 75.0 Å². The van der Waals surface area contributed by atoms with Gasteiger partial charge in [-0.2, -0.15) is 5.10 Å². The maximum absolute atomic E-state index is 5.91. The lowest BCUT2D eigenvalue weighted by molar-refractivity contribution is 0.992. The number of nitrogens with one attached hydrogen (secondary N) is 1. The number of aromatic nitrogens is 2. The van der Waals surface area contributed by atoms with E-state index in [0.29, 0.717) is 11.3 Å². The number of hydrogen-bond acceptors (Lipinski definition) is 4. The summed E-state index contributed by atoms with van der Waals surface area (Å²) < 4.78 is -0.711. The molecule has 0 fully saturated rings. The van der Waals surface area contributed by atoms with Crippen molar-refractivity contribution in [3.63, 3.8) is 0 Å². The molecule has 8 heteroatoms. The lowest BCUT2D eigenvalue weighted by atomic mass is 10.2. The van der Waals surface area contributed by atoms with Gasteiger partial charge in [-0.15, -0.1) is 0 Å². The van der Waals surface area contributed by atoms with E-state index in [1.807, 2.05) is 48.5 Å². The number of nitrogens with zero attached hydrogens (tertiary/aromatic N) is 3. The summed E-state index contributed by atoms with van der Waals surface area (Å²) in [4.78, 5) is 8.56. The number of hydrogen-bond donors (Lipinski definition) is 1. The van der Waals surface area contributed by atoms with Crippen LogP contribution in [0.1, 0.15) is 11.4 Å². The molecule has 2 aromatic carbocycles. The van der Waals surface area contributed by atoms with Crippen LogP contribution in [-0.2, 0) is 3.79 Å². The molecule has 0 atom stereocenters. The standard InChI is InChI=1S/C16H10BrCl3N4/c17-11-7-5-10(6-8-11)9-21-24-14-12-3-1-2-4-13(12)22-15(23-14)16(18,19)20/h1-9H,(H,22,23,24)/b21-9+. The van der Waals surface area contributed by atoms with Crippen LogP contribution in [-0.4, -0.2) is 16.2 Å². The normalized spacial score (nSPS) is 12.0. The van der Waals surface area contributed by atoms with Gasteiger partial charge in [0, 0.05) is 9.86 Å². The summed E-state index contributed by atoms with van der Waals surface area (Å²) in [5.74, 6) is 0.558. The fourth-order valence-corrected chi connectivity index (χ4v) is 2.52. The maximum atomic E-state index is 5.91. The Bertz CT molecular complexity index is 892. The highest BCUT2D eigenvalue weighted by molar-refractivity contribution is 9.10. The van der Waals surface area contributed by atoms with Gasteiger partial charge in [0.2, 0.25) is 3.79 Å². The van der Waals surface area contributed by atoms with Crippen LogP contribution in [0, 0.1) is 0 Å². The van der Waals surface area contributed by atoms with Crippen molar-refractivity contribution in [1.82, 2.24) is 9.97 Å². The van der Waals surface area contributed by atoms with Crippen molar-refractivity contribution < 1.29 is 0 Å². The van der Waals surface area contributed by atoms with Crippen LogP contribution in [0.3, 0.4) is 0 Å². The summed E-state index contributed by atoms with van der Waals surface area (Å²) in [5.41, 5.74) is 4.49. The molecule has 1 aromatic heterocycles. The van der Waals surface area contributed by atoms with E-state index < -0.39 is 3.79 Å². The molecule has 1 heterocycles. The SMILES string of the molecule is ClC(Cl)(Cl)c1nc(N/N=C/c2ccc(Br)cc2)c2ccccc2n1. The topological polar surface area (TPSA) is 50.2 Å². The maximum Gasteiger partial charge on any atom is 0.250 e. The van der Waals surface area contributed by atoms with Crippen molar-refractivity contribution in [2.45, 2.75) is 3.79 Å². The van der Waals surface area contributed by atoms with Crippen molar-refractivity contribution >= 4 is 73.7 Å². The number of benzene rings is 2. The molecule has 0 unspecified atom stereocenters. The smallest absolute Gasteiger partial charge is 0.250 e. The summed E-state index contributed by atoms with van der Waals surface area (Å²) in [5, 5.41) is 4.99. The molecule has 0 aliphatic heterocycles. The van der Waals surface area contributed by atoms with Gasteiger partial charge in [0.25, 0.3) is 0 Å². The Morgan fingerprint density at radius 2 is 1.71 bits per heavy atom. The van der Waals surface area contributed by atoms with E-state index in [4.69, 9.17) is 34.8 Å². The van der Waals surface area contributed by atoms with Gasteiger partial charge in [0.05, 0.1) is 11.7 Å². The average molecular weight is 445 g/mol. The highest BCUT2D eigenvalue weighted by atomic mass is 79.9. The third kappa shape index (κ3) is 4.16. The van der Waals surface area contributed by atoms with Crippen LogP contribution in [0.4, 0.5) is 5.82 Å². The van der Waals surface area contributed by atoms with E-state index in [1.54, 1.807) is 6.21 Å². The van der Waals surface area contributed by atoms with E-state index >= 15 is 0 Å². The molecule has 0 saturated carbocycles. The molecule has 24 heavy (non-hydrogen) atoms. The molecular weight excluding hydrogens is 434 g/mol. The predicted octanol–water partition coefficient (Wildman–Crippen LogP) is 5.67. The minimum Gasteiger partial charge on any atom is -0.261 e. The number of anilines is 1. The highest BCUT2D eigenvalue weighted by Gasteiger charge is 2.28. The molecule has 1 N–H and O–H groups in total. The van der Waals surface area contributed by atoms with Gasteiger partial charge >= 0.3 is 0 Å². The Hall–Kier alpha value is -1.40. The zero-order valence-electron chi connectivity index (χ0n) is 12.0. The molecular formula is C16H10BrCl3N4. The molecule has 0 aliphatic carbocycles. The van der Waals surface area contributed by atoms with Gasteiger partial charge in [-0.25, -0.2) is 9.97 Å². The highest BCUT2D eigenvalue weighted by Crippen LogP contribution is 2.37. The van der Waals surface area contributed by atoms with E-state index in [9.17, 15) is 0 Å². The monoisotopic (exact) mass is 442 g/mol. The van der Waals surface area contributed by atoms with E-state index in [-0.39, 0.29) is 5.82 Å². The van der Waals surface area contributed by atoms with Gasteiger partial charge in [0.15, 0.2) is 11.6 Å². The van der Waals surface area contributed by atoms with Crippen LogP contribution in [0.5, 0.6) is 0 Å². The molecule has 122 valence electrons. The Morgan fingerprint density at radius 3 is 2.42 bits per heavy atom. The van der Waals surface area contributed by atoms with Crippen LogP contribution in [0.25, 0.3) is 10.9 Å². The second-order valence-corrected chi connectivity index (χ2v) is 8.03. The second kappa shape index (κ2) is 7.23. The summed E-state index contributed by atoms with van der Waals surface area (Å²) in [6, 6.07) is 15.1. The van der Waals surface area contributed by atoms with Crippen molar-refractivity contribution in [3.8, 4) is 0 Å². The quantitative estimate of drug-likeness (QED) is 0.322. The number of alkyl halides is 3. The van der Waals surface area contributed by atoms with Gasteiger partial charge < -0.3 is 0 Å². The van der Waals surface area contributed by atoms with Crippen molar-refractivity contribution in [3.05, 3.63) is 64.4 Å². The van der Waals surface area contributed by atoms with Gasteiger partial charge in [-0.05, 0) is 29.8 Å². The zero-order valence-corrected chi connectivity index (χ0v) is 15.9. The second-order valence-electron chi connectivity index (χ2n) is 4.83. The number of hydrazone groups is 1. The van der Waals surface area contributed by atoms with Crippen LogP contribution in [0.2, 0.25) is 0 Å². The molecule has 3 aromatic rings. The first-order valence-electron chi connectivity index (χ1n) is 6.82. The Kier molecular flexibility index (Phi) is 5.25. The minimum absolute atomic E-state index is 0.0903. The molecule has 4 nitrogen and oxygen atoms in total. The lowest BCUT2D eigenvalue weighted by Gasteiger charge is -2.12. The Balaban J connectivity index is 1.94. The molecule has 0 aliphatic rings. The summed E-state index contributed by atoms with van der Waals surface area (Å²) in [7, 11) is 0. The molecule has 0 spiro atoms. The first kappa shape index (κ1) is 17.4. The van der Waals surface area contributed by atoms with E-state index in [2.05, 4.69) is 36.4 Å². The zero-order chi connectivity index (χ0) is 17.2. The van der Waals surface area contributed by atoms with E-state index in [0.717, 1.165) is 15.4 Å². The number of halogens is 4. The molecule has 0 bridgehead atoms. The third-order valence-electron chi connectivity index (χ3n) is 3.11. The van der Waals surface area contributed by atoms with Crippen LogP contribution in [0.15, 0.2) is 58.1 Å². The number of fused-ring (bicyclic) bond motifs is 1. The summed E-state index contributed by atoms with van der Waals surface area (Å²) in [6.45, 7) is 0. The van der Waals surface area contributed by atoms with Crippen molar-refractivity contribution in [2.24, 2.45) is 5.10 Å². The third-order valence-corrected chi connectivity index (χ3v) is 4.15. The molecule has 3 rings (SSSR count).